The third-order valence-electron chi connectivity index (χ3n) is 4.93. The summed E-state index contributed by atoms with van der Waals surface area (Å²) in [7, 11) is 1.84. The molecule has 1 aliphatic heterocycles. The second kappa shape index (κ2) is 5.41. The van der Waals surface area contributed by atoms with Gasteiger partial charge in [0.2, 0.25) is 5.91 Å². The van der Waals surface area contributed by atoms with Crippen molar-refractivity contribution in [3.05, 3.63) is 0 Å². The highest BCUT2D eigenvalue weighted by Gasteiger charge is 2.40. The largest absolute Gasteiger partial charge is 0.387 e. The topological polar surface area (TPSA) is 52.6 Å². The maximum Gasteiger partial charge on any atom is 0.226 e. The van der Waals surface area contributed by atoms with Crippen molar-refractivity contribution in [3.63, 3.8) is 0 Å². The highest BCUT2D eigenvalue weighted by molar-refractivity contribution is 5.79. The Kier molecular flexibility index (Phi) is 4.21. The first-order valence-corrected chi connectivity index (χ1v) is 7.52. The van der Waals surface area contributed by atoms with Gasteiger partial charge >= 0.3 is 0 Å². The first-order valence-electron chi connectivity index (χ1n) is 7.52. The van der Waals surface area contributed by atoms with Crippen LogP contribution < -0.4 is 5.32 Å². The van der Waals surface area contributed by atoms with Crippen molar-refractivity contribution in [2.45, 2.75) is 51.6 Å². The van der Waals surface area contributed by atoms with E-state index in [9.17, 15) is 9.90 Å². The third-order valence-corrected chi connectivity index (χ3v) is 4.93. The van der Waals surface area contributed by atoms with Crippen molar-refractivity contribution in [2.24, 2.45) is 11.3 Å². The molecule has 1 saturated heterocycles. The predicted octanol–water partition coefficient (Wildman–Crippen LogP) is 1.39. The molecule has 0 aromatic carbocycles. The van der Waals surface area contributed by atoms with E-state index in [2.05, 4.69) is 19.2 Å². The molecule has 0 radical (unpaired) electrons. The summed E-state index contributed by atoms with van der Waals surface area (Å²) >= 11 is 0. The van der Waals surface area contributed by atoms with E-state index in [0.29, 0.717) is 13.1 Å². The summed E-state index contributed by atoms with van der Waals surface area (Å²) in [4.78, 5) is 14.4. The van der Waals surface area contributed by atoms with E-state index in [0.717, 1.165) is 32.2 Å². The van der Waals surface area contributed by atoms with E-state index in [1.165, 1.54) is 6.42 Å². The third kappa shape index (κ3) is 3.29. The summed E-state index contributed by atoms with van der Waals surface area (Å²) in [5.41, 5.74) is -0.636. The Hall–Kier alpha value is -0.610. The molecule has 2 atom stereocenters. The molecule has 2 N–H and O–H groups in total. The first-order chi connectivity index (χ1) is 8.84. The van der Waals surface area contributed by atoms with Gasteiger partial charge in [-0.1, -0.05) is 26.7 Å². The van der Waals surface area contributed by atoms with Crippen molar-refractivity contribution in [1.29, 1.82) is 0 Å². The molecule has 0 spiro atoms. The van der Waals surface area contributed by atoms with Crippen molar-refractivity contribution in [3.8, 4) is 0 Å². The van der Waals surface area contributed by atoms with Gasteiger partial charge < -0.3 is 15.3 Å². The highest BCUT2D eigenvalue weighted by Crippen LogP contribution is 2.41. The standard InChI is InChI=1S/C15H28N2O2/c1-14(2)7-5-4-6-12(14)13(18)17(3)11-15(19)8-9-16-10-15/h12,16,19H,4-11H2,1-3H3. The molecule has 19 heavy (non-hydrogen) atoms. The molecule has 0 aromatic heterocycles. The summed E-state index contributed by atoms with van der Waals surface area (Å²) in [6, 6.07) is 0. The van der Waals surface area contributed by atoms with Gasteiger partial charge in [-0.05, 0) is 31.2 Å². The fourth-order valence-electron chi connectivity index (χ4n) is 3.60. The Morgan fingerprint density at radius 3 is 2.68 bits per heavy atom. The minimum absolute atomic E-state index is 0.0974. The number of carbonyl (C=O) groups is 1. The van der Waals surface area contributed by atoms with Crippen LogP contribution in [0.15, 0.2) is 0 Å². The van der Waals surface area contributed by atoms with Gasteiger partial charge in [-0.25, -0.2) is 0 Å². The number of nitrogens with zero attached hydrogens (tertiary/aromatic N) is 1. The number of rotatable bonds is 3. The Labute approximate surface area is 116 Å². The molecule has 2 aliphatic rings. The second-order valence-electron chi connectivity index (χ2n) is 7.13. The zero-order chi connectivity index (χ0) is 14.1. The number of likely N-dealkylation sites (N-methyl/N-ethyl adjacent to an activating group) is 1. The molecule has 2 unspecified atom stereocenters. The Morgan fingerprint density at radius 2 is 2.11 bits per heavy atom. The molecule has 2 fully saturated rings. The SMILES string of the molecule is CN(CC1(O)CCNC1)C(=O)C1CCCCC1(C)C. The van der Waals surface area contributed by atoms with Crippen LogP contribution in [-0.4, -0.2) is 48.2 Å². The zero-order valence-electron chi connectivity index (χ0n) is 12.5. The van der Waals surface area contributed by atoms with Gasteiger partial charge in [0.25, 0.3) is 0 Å². The van der Waals surface area contributed by atoms with Gasteiger partial charge in [-0.3, -0.25) is 4.79 Å². The molecule has 1 amide bonds. The van der Waals surface area contributed by atoms with Crippen LogP contribution >= 0.6 is 0 Å². The Morgan fingerprint density at radius 1 is 1.37 bits per heavy atom. The molecule has 4 nitrogen and oxygen atoms in total. The molecule has 1 saturated carbocycles. The molecular formula is C15H28N2O2. The van der Waals surface area contributed by atoms with Crippen LogP contribution in [0.25, 0.3) is 0 Å². The van der Waals surface area contributed by atoms with Gasteiger partial charge in [0.05, 0.1) is 12.1 Å². The van der Waals surface area contributed by atoms with Crippen molar-refractivity contribution < 1.29 is 9.90 Å². The number of amides is 1. The van der Waals surface area contributed by atoms with Crippen LogP contribution in [0.3, 0.4) is 0 Å². The fraction of sp³-hybridized carbons (Fsp3) is 0.933. The molecule has 0 aromatic rings. The molecule has 4 heteroatoms. The summed E-state index contributed by atoms with van der Waals surface area (Å²) in [6.07, 6.45) is 5.24. The first kappa shape index (κ1) is 14.8. The zero-order valence-corrected chi connectivity index (χ0v) is 12.5. The van der Waals surface area contributed by atoms with E-state index in [1.807, 2.05) is 7.05 Å². The Bertz CT molecular complexity index is 335. The van der Waals surface area contributed by atoms with Crippen LogP contribution in [0.5, 0.6) is 0 Å². The lowest BCUT2D eigenvalue weighted by Gasteiger charge is -2.40. The Balaban J connectivity index is 1.98. The fourth-order valence-corrected chi connectivity index (χ4v) is 3.60. The van der Waals surface area contributed by atoms with Gasteiger partial charge in [-0.15, -0.1) is 0 Å². The van der Waals surface area contributed by atoms with Crippen molar-refractivity contribution in [2.75, 3.05) is 26.7 Å². The number of carbonyl (C=O) groups excluding carboxylic acids is 1. The van der Waals surface area contributed by atoms with E-state index in [-0.39, 0.29) is 17.2 Å². The van der Waals surface area contributed by atoms with Crippen LogP contribution in [0.4, 0.5) is 0 Å². The van der Waals surface area contributed by atoms with E-state index >= 15 is 0 Å². The van der Waals surface area contributed by atoms with E-state index < -0.39 is 5.60 Å². The summed E-state index contributed by atoms with van der Waals surface area (Å²) in [6.45, 7) is 6.29. The van der Waals surface area contributed by atoms with Gasteiger partial charge in [-0.2, -0.15) is 0 Å². The number of aliphatic hydroxyl groups is 1. The van der Waals surface area contributed by atoms with Crippen LogP contribution in [0.2, 0.25) is 0 Å². The van der Waals surface area contributed by atoms with Gasteiger partial charge in [0.1, 0.15) is 0 Å². The predicted molar refractivity (Wildman–Crippen MR) is 75.8 cm³/mol. The van der Waals surface area contributed by atoms with Crippen molar-refractivity contribution in [1.82, 2.24) is 10.2 Å². The lowest BCUT2D eigenvalue weighted by Crippen LogP contribution is -2.49. The molecule has 2 rings (SSSR count). The van der Waals surface area contributed by atoms with Gasteiger partial charge in [0, 0.05) is 19.5 Å². The summed E-state index contributed by atoms with van der Waals surface area (Å²) in [5.74, 6) is 0.328. The summed E-state index contributed by atoms with van der Waals surface area (Å²) < 4.78 is 0. The summed E-state index contributed by atoms with van der Waals surface area (Å²) in [5, 5.41) is 13.5. The minimum atomic E-state index is -0.733. The lowest BCUT2D eigenvalue weighted by molar-refractivity contribution is -0.142. The lowest BCUT2D eigenvalue weighted by atomic mass is 9.68. The molecule has 1 aliphatic carbocycles. The molecule has 1 heterocycles. The molecule has 0 bridgehead atoms. The number of hydrogen-bond acceptors (Lipinski definition) is 3. The quantitative estimate of drug-likeness (QED) is 0.813. The maximum atomic E-state index is 12.6. The number of nitrogens with one attached hydrogen (secondary N) is 1. The monoisotopic (exact) mass is 268 g/mol. The smallest absolute Gasteiger partial charge is 0.226 e. The van der Waals surface area contributed by atoms with Crippen LogP contribution in [-0.2, 0) is 4.79 Å². The highest BCUT2D eigenvalue weighted by atomic mass is 16.3. The van der Waals surface area contributed by atoms with E-state index in [1.54, 1.807) is 4.90 Å². The molecule has 110 valence electrons. The maximum absolute atomic E-state index is 12.6. The van der Waals surface area contributed by atoms with Gasteiger partial charge in [0.15, 0.2) is 0 Å². The average Bonchev–Trinajstić information content (AvgIpc) is 2.74. The minimum Gasteiger partial charge on any atom is -0.387 e. The van der Waals surface area contributed by atoms with Crippen LogP contribution in [0.1, 0.15) is 46.0 Å². The normalized spacial score (nSPS) is 34.2. The molecular weight excluding hydrogens is 240 g/mol. The van der Waals surface area contributed by atoms with E-state index in [4.69, 9.17) is 0 Å². The van der Waals surface area contributed by atoms with Crippen LogP contribution in [0, 0.1) is 11.3 Å². The second-order valence-corrected chi connectivity index (χ2v) is 7.13. The number of β-amino-alcohol motifs (C(OH)–C–C–N with tert-alkyl or cyclic N) is 1. The van der Waals surface area contributed by atoms with Crippen molar-refractivity contribution >= 4 is 5.91 Å². The number of hydrogen-bond donors (Lipinski definition) is 2. The average molecular weight is 268 g/mol.